The fourth-order valence-corrected chi connectivity index (χ4v) is 3.31. The van der Waals surface area contributed by atoms with Gasteiger partial charge in [-0.2, -0.15) is 0 Å². The van der Waals surface area contributed by atoms with Gasteiger partial charge in [0, 0.05) is 24.3 Å². The summed E-state index contributed by atoms with van der Waals surface area (Å²) in [5, 5.41) is 10.2. The summed E-state index contributed by atoms with van der Waals surface area (Å²) < 4.78 is 0. The second-order valence-corrected chi connectivity index (χ2v) is 6.40. The largest absolute Gasteiger partial charge is 0.388 e. The van der Waals surface area contributed by atoms with E-state index < -0.39 is 0 Å². The second-order valence-electron chi connectivity index (χ2n) is 6.40. The molecule has 1 aliphatic heterocycles. The molecular weight excluding hydrogens is 246 g/mol. The number of rotatable bonds is 4. The van der Waals surface area contributed by atoms with Crippen molar-refractivity contribution in [1.29, 1.82) is 0 Å². The molecule has 0 aliphatic carbocycles. The van der Waals surface area contributed by atoms with Gasteiger partial charge in [-0.15, -0.1) is 0 Å². The zero-order valence-electron chi connectivity index (χ0n) is 13.2. The number of aliphatic hydroxyl groups excluding tert-OH is 1. The molecule has 0 bridgehead atoms. The fraction of sp³-hybridized carbons (Fsp3) is 0.667. The Kier molecular flexibility index (Phi) is 5.47. The number of hydrogen-bond acceptors (Lipinski definition) is 2. The molecule has 0 radical (unpaired) electrons. The number of anilines is 1. The number of benzene rings is 1. The van der Waals surface area contributed by atoms with Crippen molar-refractivity contribution in [3.8, 4) is 0 Å². The summed E-state index contributed by atoms with van der Waals surface area (Å²) in [5.74, 6) is 1.63. The Morgan fingerprint density at radius 2 is 1.95 bits per heavy atom. The molecule has 2 atom stereocenters. The molecule has 2 heteroatoms. The first-order chi connectivity index (χ1) is 9.63. The molecule has 1 fully saturated rings. The first-order valence-corrected chi connectivity index (χ1v) is 8.15. The summed E-state index contributed by atoms with van der Waals surface area (Å²) >= 11 is 0. The minimum Gasteiger partial charge on any atom is -0.388 e. The van der Waals surface area contributed by atoms with Crippen molar-refractivity contribution in [2.75, 3.05) is 18.0 Å². The van der Waals surface area contributed by atoms with E-state index in [1.165, 1.54) is 24.9 Å². The van der Waals surface area contributed by atoms with Crippen molar-refractivity contribution in [2.45, 2.75) is 52.6 Å². The number of nitrogens with zero attached hydrogens (tertiary/aromatic N) is 1. The Hall–Kier alpha value is -1.02. The average molecular weight is 275 g/mol. The molecule has 0 spiro atoms. The Balaban J connectivity index is 2.15. The smallest absolute Gasteiger partial charge is 0.0807 e. The highest BCUT2D eigenvalue weighted by Crippen LogP contribution is 2.32. The van der Waals surface area contributed by atoms with E-state index in [2.05, 4.69) is 36.9 Å². The minimum absolute atomic E-state index is 0.338. The van der Waals surface area contributed by atoms with Crippen LogP contribution in [0.15, 0.2) is 24.3 Å². The van der Waals surface area contributed by atoms with Crippen LogP contribution in [0.1, 0.15) is 58.1 Å². The van der Waals surface area contributed by atoms with Crippen molar-refractivity contribution in [2.24, 2.45) is 11.8 Å². The van der Waals surface area contributed by atoms with Crippen LogP contribution in [0, 0.1) is 11.8 Å². The van der Waals surface area contributed by atoms with Crippen LogP contribution >= 0.6 is 0 Å². The Labute approximate surface area is 123 Å². The van der Waals surface area contributed by atoms with E-state index in [4.69, 9.17) is 0 Å². The first-order valence-electron chi connectivity index (χ1n) is 8.15. The van der Waals surface area contributed by atoms with Crippen LogP contribution in [0.5, 0.6) is 0 Å². The summed E-state index contributed by atoms with van der Waals surface area (Å²) in [4.78, 5) is 2.48. The molecule has 2 nitrogen and oxygen atoms in total. The maximum absolute atomic E-state index is 10.2. The van der Waals surface area contributed by atoms with Crippen LogP contribution in [0.3, 0.4) is 0 Å². The van der Waals surface area contributed by atoms with Crippen LogP contribution < -0.4 is 4.90 Å². The third-order valence-electron chi connectivity index (χ3n) is 4.74. The molecule has 0 saturated carbocycles. The van der Waals surface area contributed by atoms with Gasteiger partial charge in [0.2, 0.25) is 0 Å². The third kappa shape index (κ3) is 3.54. The highest BCUT2D eigenvalue weighted by Gasteiger charge is 2.22. The van der Waals surface area contributed by atoms with Crippen molar-refractivity contribution in [3.05, 3.63) is 29.8 Å². The average Bonchev–Trinajstić information content (AvgIpc) is 2.72. The molecule has 0 aromatic heterocycles. The van der Waals surface area contributed by atoms with Gasteiger partial charge in [0.25, 0.3) is 0 Å². The van der Waals surface area contributed by atoms with E-state index in [-0.39, 0.29) is 6.10 Å². The predicted molar refractivity (Wildman–Crippen MR) is 86.1 cm³/mol. The molecule has 1 heterocycles. The quantitative estimate of drug-likeness (QED) is 0.880. The number of para-hydroxylation sites is 1. The van der Waals surface area contributed by atoms with Crippen molar-refractivity contribution < 1.29 is 5.11 Å². The molecule has 1 aromatic rings. The summed E-state index contributed by atoms with van der Waals surface area (Å²) in [7, 11) is 0. The lowest BCUT2D eigenvalue weighted by atomic mass is 9.89. The van der Waals surface area contributed by atoms with E-state index >= 15 is 0 Å². The van der Waals surface area contributed by atoms with E-state index in [0.717, 1.165) is 36.9 Å². The normalized spacial score (nSPS) is 21.9. The molecule has 1 aliphatic rings. The van der Waals surface area contributed by atoms with Crippen molar-refractivity contribution in [1.82, 2.24) is 0 Å². The number of aliphatic hydroxyl groups is 1. The van der Waals surface area contributed by atoms with E-state index in [9.17, 15) is 5.11 Å². The fourth-order valence-electron chi connectivity index (χ4n) is 3.31. The van der Waals surface area contributed by atoms with Gasteiger partial charge in [0.1, 0.15) is 0 Å². The van der Waals surface area contributed by atoms with Gasteiger partial charge in [0.05, 0.1) is 6.10 Å². The molecule has 20 heavy (non-hydrogen) atoms. The number of hydrogen-bond donors (Lipinski definition) is 1. The third-order valence-corrected chi connectivity index (χ3v) is 4.74. The van der Waals surface area contributed by atoms with Gasteiger partial charge < -0.3 is 10.0 Å². The lowest BCUT2D eigenvalue weighted by Crippen LogP contribution is -2.26. The zero-order chi connectivity index (χ0) is 14.5. The Morgan fingerprint density at radius 1 is 1.20 bits per heavy atom. The van der Waals surface area contributed by atoms with Gasteiger partial charge in [-0.25, -0.2) is 0 Å². The Bertz CT molecular complexity index is 416. The van der Waals surface area contributed by atoms with Gasteiger partial charge in [-0.1, -0.05) is 39.0 Å². The maximum atomic E-state index is 10.2. The summed E-state index contributed by atoms with van der Waals surface area (Å²) in [6, 6.07) is 8.37. The molecule has 2 rings (SSSR count). The van der Waals surface area contributed by atoms with Gasteiger partial charge >= 0.3 is 0 Å². The molecular formula is C18H29NO. The van der Waals surface area contributed by atoms with Crippen LogP contribution in [-0.4, -0.2) is 18.2 Å². The highest BCUT2D eigenvalue weighted by molar-refractivity contribution is 5.54. The highest BCUT2D eigenvalue weighted by atomic mass is 16.3. The topological polar surface area (TPSA) is 23.5 Å². The minimum atomic E-state index is -0.338. The molecule has 1 unspecified atom stereocenters. The summed E-state index contributed by atoms with van der Waals surface area (Å²) in [5.41, 5.74) is 2.34. The molecule has 0 amide bonds. The van der Waals surface area contributed by atoms with Crippen LogP contribution in [0.2, 0.25) is 0 Å². The molecule has 1 N–H and O–H groups in total. The monoisotopic (exact) mass is 275 g/mol. The summed E-state index contributed by atoms with van der Waals surface area (Å²) in [6.45, 7) is 8.97. The second kappa shape index (κ2) is 7.12. The Morgan fingerprint density at radius 3 is 2.65 bits per heavy atom. The van der Waals surface area contributed by atoms with Crippen LogP contribution in [-0.2, 0) is 0 Å². The van der Waals surface area contributed by atoms with Crippen molar-refractivity contribution >= 4 is 5.69 Å². The predicted octanol–water partition coefficient (Wildman–Crippen LogP) is 4.39. The van der Waals surface area contributed by atoms with Crippen molar-refractivity contribution in [3.63, 3.8) is 0 Å². The summed E-state index contributed by atoms with van der Waals surface area (Å²) in [6.07, 6.45) is 4.31. The standard InChI is InChI=1S/C18H29NO/c1-4-18(20)16-9-5-6-10-17(16)19-12-7-8-15(11-13-19)14(2)3/h5-6,9-10,14-15,18,20H,4,7-8,11-13H2,1-3H3/t15?,18-/m0/s1. The SMILES string of the molecule is CC[C@H](O)c1ccccc1N1CCCC(C(C)C)CC1. The maximum Gasteiger partial charge on any atom is 0.0807 e. The van der Waals surface area contributed by atoms with E-state index in [0.29, 0.717) is 0 Å². The lowest BCUT2D eigenvalue weighted by molar-refractivity contribution is 0.174. The molecule has 1 saturated heterocycles. The van der Waals surface area contributed by atoms with Crippen LogP contribution in [0.4, 0.5) is 5.69 Å². The zero-order valence-corrected chi connectivity index (χ0v) is 13.2. The van der Waals surface area contributed by atoms with E-state index in [1.54, 1.807) is 0 Å². The van der Waals surface area contributed by atoms with Gasteiger partial charge in [0.15, 0.2) is 0 Å². The first kappa shape index (κ1) is 15.4. The van der Waals surface area contributed by atoms with E-state index in [1.807, 2.05) is 13.0 Å². The molecule has 1 aromatic carbocycles. The lowest BCUT2D eigenvalue weighted by Gasteiger charge is -2.27. The van der Waals surface area contributed by atoms with Gasteiger partial charge in [-0.05, 0) is 43.6 Å². The van der Waals surface area contributed by atoms with Gasteiger partial charge in [-0.3, -0.25) is 0 Å². The van der Waals surface area contributed by atoms with Crippen LogP contribution in [0.25, 0.3) is 0 Å². The molecule has 112 valence electrons.